The number of rotatable bonds is 10. The predicted octanol–water partition coefficient (Wildman–Crippen LogP) is 4.99. The molecule has 0 radical (unpaired) electrons. The van der Waals surface area contributed by atoms with Crippen LogP contribution in [0.4, 0.5) is 5.82 Å². The second-order valence-corrected chi connectivity index (χ2v) is 6.99. The van der Waals surface area contributed by atoms with Gasteiger partial charge < -0.3 is 19.9 Å². The van der Waals surface area contributed by atoms with Gasteiger partial charge in [-0.3, -0.25) is 4.98 Å². The Bertz CT molecular complexity index is 755. The molecule has 2 aromatic rings. The van der Waals surface area contributed by atoms with Crippen LogP contribution in [0.15, 0.2) is 22.8 Å². The summed E-state index contributed by atoms with van der Waals surface area (Å²) in [5.74, 6) is 1.73. The Hall–Kier alpha value is -1.86. The summed E-state index contributed by atoms with van der Waals surface area (Å²) in [6.07, 6.45) is 5.00. The maximum absolute atomic E-state index is 6.14. The monoisotopic (exact) mass is 437 g/mol. The van der Waals surface area contributed by atoms with Crippen molar-refractivity contribution in [2.45, 2.75) is 52.7 Å². The zero-order valence-corrected chi connectivity index (χ0v) is 18.0. The van der Waals surface area contributed by atoms with Crippen LogP contribution in [-0.2, 0) is 11.3 Å². The van der Waals surface area contributed by atoms with E-state index >= 15 is 0 Å². The highest BCUT2D eigenvalue weighted by atomic mass is 79.9. The van der Waals surface area contributed by atoms with Gasteiger partial charge in [0.25, 0.3) is 0 Å². The highest BCUT2D eigenvalue weighted by Gasteiger charge is 2.15. The standard InChI is InChI=1S/C20H28BrN3O3/c1-5-8-13(6-2)27-12-17-20(22)24-16(11-23-17)14-9-15(21)19(26-7-3)10-18(14)25-4/h9-11,13H,5-8,12H2,1-4H3,(H2,22,24). The van der Waals surface area contributed by atoms with Gasteiger partial charge in [0.15, 0.2) is 0 Å². The van der Waals surface area contributed by atoms with Crippen molar-refractivity contribution >= 4 is 21.7 Å². The Kier molecular flexibility index (Phi) is 8.31. The molecule has 6 nitrogen and oxygen atoms in total. The lowest BCUT2D eigenvalue weighted by Crippen LogP contribution is -2.13. The number of ether oxygens (including phenoxy) is 3. The molecule has 1 aromatic carbocycles. The number of benzene rings is 1. The van der Waals surface area contributed by atoms with Gasteiger partial charge >= 0.3 is 0 Å². The number of methoxy groups -OCH3 is 1. The summed E-state index contributed by atoms with van der Waals surface area (Å²) in [6, 6.07) is 3.73. The predicted molar refractivity (Wildman–Crippen MR) is 111 cm³/mol. The summed E-state index contributed by atoms with van der Waals surface area (Å²) in [6.45, 7) is 7.14. The second-order valence-electron chi connectivity index (χ2n) is 6.13. The second kappa shape index (κ2) is 10.5. The highest BCUT2D eigenvalue weighted by Crippen LogP contribution is 2.38. The van der Waals surface area contributed by atoms with Crippen LogP contribution in [0.25, 0.3) is 11.3 Å². The molecule has 0 aliphatic heterocycles. The topological polar surface area (TPSA) is 79.5 Å². The molecule has 0 saturated carbocycles. The molecule has 1 heterocycles. The highest BCUT2D eigenvalue weighted by molar-refractivity contribution is 9.10. The molecule has 1 atom stereocenters. The minimum absolute atomic E-state index is 0.220. The first-order valence-corrected chi connectivity index (χ1v) is 10.1. The van der Waals surface area contributed by atoms with E-state index < -0.39 is 0 Å². The lowest BCUT2D eigenvalue weighted by atomic mass is 10.1. The molecule has 27 heavy (non-hydrogen) atoms. The van der Waals surface area contributed by atoms with E-state index in [1.54, 1.807) is 13.3 Å². The SMILES string of the molecule is CCCC(CC)OCc1ncc(-c2cc(Br)c(OCC)cc2OC)nc1N. The van der Waals surface area contributed by atoms with E-state index in [0.717, 1.165) is 29.3 Å². The first kappa shape index (κ1) is 21.4. The summed E-state index contributed by atoms with van der Waals surface area (Å²) in [4.78, 5) is 8.98. The number of hydrogen-bond acceptors (Lipinski definition) is 6. The van der Waals surface area contributed by atoms with E-state index in [-0.39, 0.29) is 6.10 Å². The molecule has 0 amide bonds. The number of nitrogen functional groups attached to an aromatic ring is 1. The summed E-state index contributed by atoms with van der Waals surface area (Å²) >= 11 is 3.53. The minimum atomic E-state index is 0.220. The summed E-state index contributed by atoms with van der Waals surface area (Å²) < 4.78 is 17.8. The molecular weight excluding hydrogens is 410 g/mol. The van der Waals surface area contributed by atoms with Gasteiger partial charge in [0.1, 0.15) is 23.0 Å². The van der Waals surface area contributed by atoms with E-state index in [4.69, 9.17) is 19.9 Å². The molecule has 2 rings (SSSR count). The Balaban J connectivity index is 2.25. The number of nitrogens with two attached hydrogens (primary N) is 1. The van der Waals surface area contributed by atoms with Gasteiger partial charge in [0, 0.05) is 11.6 Å². The van der Waals surface area contributed by atoms with E-state index in [1.807, 2.05) is 19.1 Å². The van der Waals surface area contributed by atoms with Crippen molar-refractivity contribution in [2.24, 2.45) is 0 Å². The molecule has 2 N–H and O–H groups in total. The molecule has 0 spiro atoms. The Labute approximate surface area is 169 Å². The average Bonchev–Trinajstić information content (AvgIpc) is 2.67. The Morgan fingerprint density at radius 3 is 2.56 bits per heavy atom. The number of anilines is 1. The fourth-order valence-electron chi connectivity index (χ4n) is 2.76. The van der Waals surface area contributed by atoms with Crippen LogP contribution in [0.1, 0.15) is 45.7 Å². The third-order valence-corrected chi connectivity index (χ3v) is 4.85. The lowest BCUT2D eigenvalue weighted by Gasteiger charge is -2.16. The summed E-state index contributed by atoms with van der Waals surface area (Å²) in [7, 11) is 1.61. The van der Waals surface area contributed by atoms with Crippen molar-refractivity contribution in [1.29, 1.82) is 0 Å². The molecule has 1 unspecified atom stereocenters. The van der Waals surface area contributed by atoms with Crippen molar-refractivity contribution in [3.05, 3.63) is 28.5 Å². The molecule has 0 aliphatic rings. The van der Waals surface area contributed by atoms with Gasteiger partial charge in [-0.2, -0.15) is 0 Å². The zero-order chi connectivity index (χ0) is 19.8. The lowest BCUT2D eigenvalue weighted by molar-refractivity contribution is 0.0306. The van der Waals surface area contributed by atoms with E-state index in [1.165, 1.54) is 0 Å². The number of halogens is 1. The molecule has 7 heteroatoms. The van der Waals surface area contributed by atoms with Crippen molar-refractivity contribution in [2.75, 3.05) is 19.5 Å². The van der Waals surface area contributed by atoms with Crippen LogP contribution < -0.4 is 15.2 Å². The maximum atomic E-state index is 6.14. The van der Waals surface area contributed by atoms with Crippen LogP contribution in [-0.4, -0.2) is 29.8 Å². The van der Waals surface area contributed by atoms with Crippen LogP contribution in [0, 0.1) is 0 Å². The molecule has 0 fully saturated rings. The Morgan fingerprint density at radius 1 is 1.19 bits per heavy atom. The van der Waals surface area contributed by atoms with Crippen molar-refractivity contribution < 1.29 is 14.2 Å². The van der Waals surface area contributed by atoms with Crippen molar-refractivity contribution in [1.82, 2.24) is 9.97 Å². The molecule has 1 aromatic heterocycles. The van der Waals surface area contributed by atoms with Gasteiger partial charge in [-0.05, 0) is 41.8 Å². The van der Waals surface area contributed by atoms with Gasteiger partial charge in [-0.15, -0.1) is 0 Å². The van der Waals surface area contributed by atoms with E-state index in [0.29, 0.717) is 41.9 Å². The van der Waals surface area contributed by atoms with Crippen LogP contribution in [0.5, 0.6) is 11.5 Å². The first-order chi connectivity index (χ1) is 13.0. The largest absolute Gasteiger partial charge is 0.496 e. The molecule has 0 aliphatic carbocycles. The average molecular weight is 438 g/mol. The summed E-state index contributed by atoms with van der Waals surface area (Å²) in [5, 5.41) is 0. The van der Waals surface area contributed by atoms with Gasteiger partial charge in [-0.1, -0.05) is 20.3 Å². The van der Waals surface area contributed by atoms with Crippen LogP contribution in [0.3, 0.4) is 0 Å². The number of nitrogens with zero attached hydrogens (tertiary/aromatic N) is 2. The zero-order valence-electron chi connectivity index (χ0n) is 16.4. The fraction of sp³-hybridized carbons (Fsp3) is 0.500. The third kappa shape index (κ3) is 5.56. The Morgan fingerprint density at radius 2 is 1.96 bits per heavy atom. The van der Waals surface area contributed by atoms with Gasteiger partial charge in [-0.25, -0.2) is 4.98 Å². The van der Waals surface area contributed by atoms with Crippen LogP contribution >= 0.6 is 15.9 Å². The van der Waals surface area contributed by atoms with Gasteiger partial charge in [0.2, 0.25) is 0 Å². The quantitative estimate of drug-likeness (QED) is 0.563. The molecule has 0 bridgehead atoms. The minimum Gasteiger partial charge on any atom is -0.496 e. The molecule has 0 saturated heterocycles. The normalized spacial score (nSPS) is 12.0. The smallest absolute Gasteiger partial charge is 0.148 e. The first-order valence-electron chi connectivity index (χ1n) is 9.27. The molecule has 148 valence electrons. The fourth-order valence-corrected chi connectivity index (χ4v) is 3.22. The van der Waals surface area contributed by atoms with Crippen molar-refractivity contribution in [3.63, 3.8) is 0 Å². The summed E-state index contributed by atoms with van der Waals surface area (Å²) in [5.41, 5.74) is 8.21. The van der Waals surface area contributed by atoms with Crippen LogP contribution in [0.2, 0.25) is 0 Å². The number of aromatic nitrogens is 2. The van der Waals surface area contributed by atoms with E-state index in [2.05, 4.69) is 39.7 Å². The number of hydrogen-bond donors (Lipinski definition) is 1. The molecular formula is C20H28BrN3O3. The van der Waals surface area contributed by atoms with E-state index in [9.17, 15) is 0 Å². The van der Waals surface area contributed by atoms with Gasteiger partial charge in [0.05, 0.1) is 42.8 Å². The third-order valence-electron chi connectivity index (χ3n) is 4.23. The van der Waals surface area contributed by atoms with Crippen molar-refractivity contribution in [3.8, 4) is 22.8 Å². The maximum Gasteiger partial charge on any atom is 0.148 e.